The number of benzene rings is 1. The molecule has 3 aromatic heterocycles. The Bertz CT molecular complexity index is 1040. The zero-order valence-electron chi connectivity index (χ0n) is 14.4. The molecule has 26 heavy (non-hydrogen) atoms. The van der Waals surface area contributed by atoms with Gasteiger partial charge in [-0.1, -0.05) is 22.6 Å². The molecule has 8 heteroatoms. The third kappa shape index (κ3) is 3.11. The van der Waals surface area contributed by atoms with E-state index < -0.39 is 0 Å². The van der Waals surface area contributed by atoms with Crippen molar-refractivity contribution in [3.8, 4) is 0 Å². The predicted molar refractivity (Wildman–Crippen MR) is 99.5 cm³/mol. The fraction of sp³-hybridized carbons (Fsp3) is 0.222. The molecular formula is C18H17N5O2S. The van der Waals surface area contributed by atoms with E-state index in [1.165, 1.54) is 23.1 Å². The van der Waals surface area contributed by atoms with E-state index in [0.29, 0.717) is 18.2 Å². The number of rotatable bonds is 5. The first-order valence-electron chi connectivity index (χ1n) is 8.19. The summed E-state index contributed by atoms with van der Waals surface area (Å²) in [5.74, 6) is -0.0688. The third-order valence-electron chi connectivity index (χ3n) is 4.06. The average Bonchev–Trinajstić information content (AvgIpc) is 3.36. The summed E-state index contributed by atoms with van der Waals surface area (Å²) < 4.78 is 7.91. The summed E-state index contributed by atoms with van der Waals surface area (Å²) in [4.78, 5) is 19.3. The van der Waals surface area contributed by atoms with E-state index in [9.17, 15) is 4.79 Å². The number of hydrogen-bond donors (Lipinski definition) is 0. The SMILES string of the molecule is Cc1cc(C)c2nc(N(CCn3cccn3)C(=O)c3ccno3)sc2c1. The molecule has 0 aliphatic heterocycles. The van der Waals surface area contributed by atoms with Crippen molar-refractivity contribution in [2.45, 2.75) is 20.4 Å². The fourth-order valence-electron chi connectivity index (χ4n) is 2.85. The first-order valence-corrected chi connectivity index (χ1v) is 9.01. The van der Waals surface area contributed by atoms with Crippen LogP contribution in [0.15, 0.2) is 47.4 Å². The van der Waals surface area contributed by atoms with Gasteiger partial charge in [-0.05, 0) is 37.1 Å². The molecule has 132 valence electrons. The number of aromatic nitrogens is 4. The van der Waals surface area contributed by atoms with Crippen molar-refractivity contribution in [1.29, 1.82) is 0 Å². The second-order valence-electron chi connectivity index (χ2n) is 6.03. The van der Waals surface area contributed by atoms with Crippen LogP contribution in [0.1, 0.15) is 21.7 Å². The van der Waals surface area contributed by atoms with Gasteiger partial charge in [-0.25, -0.2) is 4.98 Å². The molecule has 0 N–H and O–H groups in total. The highest BCUT2D eigenvalue weighted by molar-refractivity contribution is 7.22. The molecule has 1 amide bonds. The number of thiazole rings is 1. The van der Waals surface area contributed by atoms with Crippen LogP contribution in [0.4, 0.5) is 5.13 Å². The van der Waals surface area contributed by atoms with Gasteiger partial charge >= 0.3 is 0 Å². The van der Waals surface area contributed by atoms with Crippen molar-refractivity contribution < 1.29 is 9.32 Å². The van der Waals surface area contributed by atoms with Gasteiger partial charge in [-0.3, -0.25) is 14.4 Å². The smallest absolute Gasteiger partial charge is 0.298 e. The number of nitrogens with zero attached hydrogens (tertiary/aromatic N) is 5. The van der Waals surface area contributed by atoms with Crippen LogP contribution in [0.5, 0.6) is 0 Å². The number of fused-ring (bicyclic) bond motifs is 1. The van der Waals surface area contributed by atoms with E-state index >= 15 is 0 Å². The maximum atomic E-state index is 12.9. The summed E-state index contributed by atoms with van der Waals surface area (Å²) in [5, 5.41) is 8.48. The van der Waals surface area contributed by atoms with Crippen LogP contribution in [0, 0.1) is 13.8 Å². The zero-order valence-corrected chi connectivity index (χ0v) is 15.2. The number of anilines is 1. The molecule has 4 rings (SSSR count). The Hall–Kier alpha value is -3.00. The molecule has 7 nitrogen and oxygen atoms in total. The van der Waals surface area contributed by atoms with Crippen molar-refractivity contribution in [3.63, 3.8) is 0 Å². The lowest BCUT2D eigenvalue weighted by atomic mass is 10.1. The highest BCUT2D eigenvalue weighted by Gasteiger charge is 2.24. The Kier molecular flexibility index (Phi) is 4.26. The molecule has 0 saturated carbocycles. The maximum Gasteiger partial charge on any atom is 0.298 e. The number of hydrogen-bond acceptors (Lipinski definition) is 6. The van der Waals surface area contributed by atoms with Gasteiger partial charge in [0.25, 0.3) is 5.91 Å². The van der Waals surface area contributed by atoms with Gasteiger partial charge in [0.05, 0.1) is 23.0 Å². The summed E-state index contributed by atoms with van der Waals surface area (Å²) >= 11 is 1.50. The average molecular weight is 367 g/mol. The molecule has 0 fully saturated rings. The second kappa shape index (κ2) is 6.72. The highest BCUT2D eigenvalue weighted by Crippen LogP contribution is 2.32. The van der Waals surface area contributed by atoms with Crippen LogP contribution in [0.25, 0.3) is 10.2 Å². The second-order valence-corrected chi connectivity index (χ2v) is 7.04. The largest absolute Gasteiger partial charge is 0.351 e. The Morgan fingerprint density at radius 2 is 2.19 bits per heavy atom. The first kappa shape index (κ1) is 16.5. The molecule has 0 atom stereocenters. The summed E-state index contributed by atoms with van der Waals surface area (Å²) in [6, 6.07) is 7.60. The van der Waals surface area contributed by atoms with Crippen LogP contribution >= 0.6 is 11.3 Å². The van der Waals surface area contributed by atoms with Crippen molar-refractivity contribution in [1.82, 2.24) is 19.9 Å². The summed E-state index contributed by atoms with van der Waals surface area (Å²) in [7, 11) is 0. The van der Waals surface area contributed by atoms with Gasteiger partial charge in [0.1, 0.15) is 0 Å². The standard InChI is InChI=1S/C18H17N5O2S/c1-12-10-13(2)16-15(11-12)26-18(21-16)23(9-8-22-7-3-5-19-22)17(24)14-4-6-20-25-14/h3-7,10-11H,8-9H2,1-2H3. The van der Waals surface area contributed by atoms with Crippen molar-refractivity contribution in [2.24, 2.45) is 0 Å². The molecule has 0 bridgehead atoms. The molecule has 0 radical (unpaired) electrons. The lowest BCUT2D eigenvalue weighted by Gasteiger charge is -2.18. The molecular weight excluding hydrogens is 350 g/mol. The Morgan fingerprint density at radius 1 is 1.31 bits per heavy atom. The van der Waals surface area contributed by atoms with E-state index in [1.807, 2.05) is 19.2 Å². The lowest BCUT2D eigenvalue weighted by molar-refractivity contribution is 0.0950. The summed E-state index contributed by atoms with van der Waals surface area (Å²) in [6.07, 6.45) is 5.04. The topological polar surface area (TPSA) is 77.1 Å². The Labute approximate surface area is 153 Å². The zero-order chi connectivity index (χ0) is 18.1. The third-order valence-corrected chi connectivity index (χ3v) is 5.08. The van der Waals surface area contributed by atoms with Gasteiger partial charge in [0.15, 0.2) is 5.13 Å². The van der Waals surface area contributed by atoms with E-state index in [1.54, 1.807) is 21.8 Å². The van der Waals surface area contributed by atoms with Crippen LogP contribution < -0.4 is 4.90 Å². The summed E-state index contributed by atoms with van der Waals surface area (Å²) in [6.45, 7) is 5.08. The predicted octanol–water partition coefficient (Wildman–Crippen LogP) is 3.44. The first-order chi connectivity index (χ1) is 12.6. The van der Waals surface area contributed by atoms with Gasteiger partial charge in [0, 0.05) is 25.0 Å². The molecule has 0 spiro atoms. The van der Waals surface area contributed by atoms with Gasteiger partial charge in [-0.15, -0.1) is 0 Å². The van der Waals surface area contributed by atoms with Crippen LogP contribution in [-0.2, 0) is 6.54 Å². The van der Waals surface area contributed by atoms with E-state index in [4.69, 9.17) is 9.51 Å². The molecule has 0 aliphatic rings. The van der Waals surface area contributed by atoms with E-state index in [-0.39, 0.29) is 11.7 Å². The van der Waals surface area contributed by atoms with Crippen LogP contribution in [0.2, 0.25) is 0 Å². The lowest BCUT2D eigenvalue weighted by Crippen LogP contribution is -2.33. The number of carbonyl (C=O) groups excluding carboxylic acids is 1. The number of amides is 1. The summed E-state index contributed by atoms with van der Waals surface area (Å²) in [5.41, 5.74) is 3.20. The normalized spacial score (nSPS) is 11.2. The van der Waals surface area contributed by atoms with Crippen molar-refractivity contribution >= 4 is 32.6 Å². The van der Waals surface area contributed by atoms with Crippen LogP contribution in [0.3, 0.4) is 0 Å². The Balaban J connectivity index is 1.71. The quantitative estimate of drug-likeness (QED) is 0.540. The maximum absolute atomic E-state index is 12.9. The molecule has 0 saturated heterocycles. The molecule has 4 aromatic rings. The molecule has 0 aliphatic carbocycles. The monoisotopic (exact) mass is 367 g/mol. The molecule has 3 heterocycles. The highest BCUT2D eigenvalue weighted by atomic mass is 32.1. The minimum Gasteiger partial charge on any atom is -0.351 e. The Morgan fingerprint density at radius 3 is 2.92 bits per heavy atom. The molecule has 1 aromatic carbocycles. The van der Waals surface area contributed by atoms with Crippen molar-refractivity contribution in [3.05, 3.63) is 59.7 Å². The van der Waals surface area contributed by atoms with Gasteiger partial charge in [0.2, 0.25) is 5.76 Å². The van der Waals surface area contributed by atoms with Gasteiger partial charge < -0.3 is 4.52 Å². The minimum absolute atomic E-state index is 0.192. The number of carbonyl (C=O) groups is 1. The van der Waals surface area contributed by atoms with E-state index in [0.717, 1.165) is 15.8 Å². The van der Waals surface area contributed by atoms with Crippen LogP contribution in [-0.4, -0.2) is 32.4 Å². The van der Waals surface area contributed by atoms with Gasteiger partial charge in [-0.2, -0.15) is 5.10 Å². The van der Waals surface area contributed by atoms with E-state index in [2.05, 4.69) is 29.3 Å². The van der Waals surface area contributed by atoms with Crippen molar-refractivity contribution in [2.75, 3.05) is 11.4 Å². The fourth-order valence-corrected chi connectivity index (χ4v) is 4.02. The molecule has 0 unspecified atom stereocenters. The minimum atomic E-state index is -0.261. The number of aryl methyl sites for hydroxylation is 2.